The summed E-state index contributed by atoms with van der Waals surface area (Å²) in [5.74, 6) is 0.700. The summed E-state index contributed by atoms with van der Waals surface area (Å²) < 4.78 is 31.5. The van der Waals surface area contributed by atoms with Crippen LogP contribution in [-0.4, -0.2) is 51.6 Å². The summed E-state index contributed by atoms with van der Waals surface area (Å²) in [4.78, 5) is 3.26. The van der Waals surface area contributed by atoms with Crippen LogP contribution >= 0.6 is 0 Å². The third kappa shape index (κ3) is 4.05. The number of hydrogen-bond donors (Lipinski definition) is 2. The van der Waals surface area contributed by atoms with Crippen LogP contribution in [0.25, 0.3) is 0 Å². The van der Waals surface area contributed by atoms with Crippen LogP contribution < -0.4 is 5.32 Å². The Hall–Kier alpha value is -0.890. The van der Waals surface area contributed by atoms with Gasteiger partial charge in [-0.2, -0.15) is 4.31 Å². The summed E-state index contributed by atoms with van der Waals surface area (Å²) in [6, 6.07) is 1.66. The first-order chi connectivity index (χ1) is 9.54. The number of ether oxygens (including phenoxy) is 1. The first kappa shape index (κ1) is 15.5. The highest BCUT2D eigenvalue weighted by atomic mass is 32.2. The first-order valence-electron chi connectivity index (χ1n) is 6.90. The molecule has 1 aliphatic rings. The SMILES string of the molecule is CNCc1cc(S(=O)(=O)N(C)CCOCC2CC2)c[nH]1. The second-order valence-corrected chi connectivity index (χ2v) is 7.28. The van der Waals surface area contributed by atoms with E-state index in [4.69, 9.17) is 4.74 Å². The fourth-order valence-electron chi connectivity index (χ4n) is 1.89. The quantitative estimate of drug-likeness (QED) is 0.661. The number of aromatic nitrogens is 1. The smallest absolute Gasteiger partial charge is 0.244 e. The van der Waals surface area contributed by atoms with E-state index in [9.17, 15) is 8.42 Å². The van der Waals surface area contributed by atoms with Crippen LogP contribution in [0, 0.1) is 5.92 Å². The van der Waals surface area contributed by atoms with Crippen molar-refractivity contribution in [1.29, 1.82) is 0 Å². The predicted molar refractivity (Wildman–Crippen MR) is 76.9 cm³/mol. The average molecular weight is 301 g/mol. The number of likely N-dealkylation sites (N-methyl/N-ethyl adjacent to an activating group) is 1. The molecule has 114 valence electrons. The van der Waals surface area contributed by atoms with Gasteiger partial charge in [-0.25, -0.2) is 8.42 Å². The Morgan fingerprint density at radius 2 is 2.25 bits per heavy atom. The van der Waals surface area contributed by atoms with E-state index in [2.05, 4.69) is 10.3 Å². The van der Waals surface area contributed by atoms with Gasteiger partial charge >= 0.3 is 0 Å². The molecule has 0 spiro atoms. The van der Waals surface area contributed by atoms with E-state index in [1.54, 1.807) is 13.1 Å². The highest BCUT2D eigenvalue weighted by Gasteiger charge is 2.23. The predicted octanol–water partition coefficient (Wildman–Crippen LogP) is 0.781. The van der Waals surface area contributed by atoms with Gasteiger partial charge in [0.1, 0.15) is 0 Å². The highest BCUT2D eigenvalue weighted by Crippen LogP contribution is 2.28. The summed E-state index contributed by atoms with van der Waals surface area (Å²) in [5, 5.41) is 2.98. The maximum Gasteiger partial charge on any atom is 0.244 e. The topological polar surface area (TPSA) is 74.4 Å². The number of nitrogens with zero attached hydrogens (tertiary/aromatic N) is 1. The second-order valence-electron chi connectivity index (χ2n) is 5.24. The molecule has 1 aromatic heterocycles. The highest BCUT2D eigenvalue weighted by molar-refractivity contribution is 7.89. The monoisotopic (exact) mass is 301 g/mol. The molecule has 0 radical (unpaired) electrons. The minimum Gasteiger partial charge on any atom is -0.380 e. The first-order valence-corrected chi connectivity index (χ1v) is 8.34. The van der Waals surface area contributed by atoms with Crippen molar-refractivity contribution in [3.8, 4) is 0 Å². The largest absolute Gasteiger partial charge is 0.380 e. The lowest BCUT2D eigenvalue weighted by molar-refractivity contribution is 0.117. The molecule has 1 aromatic rings. The maximum absolute atomic E-state index is 12.3. The molecule has 1 saturated carbocycles. The standard InChI is InChI=1S/C13H23N3O3S/c1-14-8-12-7-13(9-15-12)20(17,18)16(2)5-6-19-10-11-3-4-11/h7,9,11,14-15H,3-6,8,10H2,1-2H3. The van der Waals surface area contributed by atoms with Crippen molar-refractivity contribution in [3.05, 3.63) is 18.0 Å². The molecule has 0 saturated heterocycles. The van der Waals surface area contributed by atoms with Gasteiger partial charge < -0.3 is 15.0 Å². The Kier molecular flexibility index (Phi) is 5.20. The number of rotatable bonds is 9. The molecule has 0 aromatic carbocycles. The van der Waals surface area contributed by atoms with Crippen molar-refractivity contribution in [2.45, 2.75) is 24.3 Å². The summed E-state index contributed by atoms with van der Waals surface area (Å²) >= 11 is 0. The van der Waals surface area contributed by atoms with E-state index >= 15 is 0 Å². The molecule has 2 N–H and O–H groups in total. The van der Waals surface area contributed by atoms with Crippen LogP contribution in [0.3, 0.4) is 0 Å². The van der Waals surface area contributed by atoms with Crippen molar-refractivity contribution in [2.75, 3.05) is 33.9 Å². The van der Waals surface area contributed by atoms with Crippen LogP contribution in [0.2, 0.25) is 0 Å². The molecule has 0 bridgehead atoms. The number of aromatic amines is 1. The molecule has 1 aliphatic carbocycles. The molecule has 0 atom stereocenters. The molecule has 7 heteroatoms. The van der Waals surface area contributed by atoms with Crippen LogP contribution in [0.5, 0.6) is 0 Å². The van der Waals surface area contributed by atoms with Gasteiger partial charge in [-0.3, -0.25) is 0 Å². The molecule has 0 amide bonds. The number of H-pyrrole nitrogens is 1. The van der Waals surface area contributed by atoms with Crippen molar-refractivity contribution < 1.29 is 13.2 Å². The van der Waals surface area contributed by atoms with Crippen LogP contribution in [0.4, 0.5) is 0 Å². The minimum absolute atomic E-state index is 0.299. The van der Waals surface area contributed by atoms with E-state index in [1.807, 2.05) is 7.05 Å². The summed E-state index contributed by atoms with van der Waals surface area (Å²) in [7, 11) is -0.0256. The molecule has 1 heterocycles. The maximum atomic E-state index is 12.3. The molecular formula is C13H23N3O3S. The zero-order chi connectivity index (χ0) is 14.6. The lowest BCUT2D eigenvalue weighted by Crippen LogP contribution is -2.30. The molecule has 20 heavy (non-hydrogen) atoms. The number of hydrogen-bond acceptors (Lipinski definition) is 4. The Morgan fingerprint density at radius 1 is 1.50 bits per heavy atom. The van der Waals surface area contributed by atoms with E-state index in [0.29, 0.717) is 30.5 Å². The minimum atomic E-state index is -3.43. The zero-order valence-electron chi connectivity index (χ0n) is 12.1. The van der Waals surface area contributed by atoms with Gasteiger partial charge in [0.05, 0.1) is 11.5 Å². The molecule has 0 aliphatic heterocycles. The third-order valence-electron chi connectivity index (χ3n) is 3.39. The van der Waals surface area contributed by atoms with Crippen LogP contribution in [0.15, 0.2) is 17.2 Å². The molecular weight excluding hydrogens is 278 g/mol. The van der Waals surface area contributed by atoms with Crippen molar-refractivity contribution in [3.63, 3.8) is 0 Å². The fourth-order valence-corrected chi connectivity index (χ4v) is 3.06. The van der Waals surface area contributed by atoms with Gasteiger partial charge in [0.15, 0.2) is 0 Å². The molecule has 2 rings (SSSR count). The average Bonchev–Trinajstić information content (AvgIpc) is 3.11. The van der Waals surface area contributed by atoms with E-state index in [1.165, 1.54) is 23.3 Å². The van der Waals surface area contributed by atoms with Crippen LogP contribution in [0.1, 0.15) is 18.5 Å². The third-order valence-corrected chi connectivity index (χ3v) is 5.23. The van der Waals surface area contributed by atoms with E-state index in [0.717, 1.165) is 12.3 Å². The molecule has 1 fully saturated rings. The van der Waals surface area contributed by atoms with E-state index < -0.39 is 10.0 Å². The van der Waals surface area contributed by atoms with Gasteiger partial charge in [0, 0.05) is 38.6 Å². The lowest BCUT2D eigenvalue weighted by atomic mass is 10.4. The van der Waals surface area contributed by atoms with Gasteiger partial charge in [-0.05, 0) is 31.9 Å². The van der Waals surface area contributed by atoms with Crippen molar-refractivity contribution in [2.24, 2.45) is 5.92 Å². The van der Waals surface area contributed by atoms with Gasteiger partial charge in [-0.1, -0.05) is 0 Å². The van der Waals surface area contributed by atoms with Gasteiger partial charge in [-0.15, -0.1) is 0 Å². The van der Waals surface area contributed by atoms with E-state index in [-0.39, 0.29) is 0 Å². The Morgan fingerprint density at radius 3 is 2.90 bits per heavy atom. The Balaban J connectivity index is 1.86. The Bertz CT molecular complexity index is 523. The lowest BCUT2D eigenvalue weighted by Gasteiger charge is -2.16. The Labute approximate surface area is 120 Å². The summed E-state index contributed by atoms with van der Waals surface area (Å²) in [5.41, 5.74) is 0.851. The normalized spacial score (nSPS) is 15.9. The van der Waals surface area contributed by atoms with Crippen LogP contribution in [-0.2, 0) is 21.3 Å². The summed E-state index contributed by atoms with van der Waals surface area (Å²) in [6.45, 7) is 2.19. The zero-order valence-corrected chi connectivity index (χ0v) is 12.9. The van der Waals surface area contributed by atoms with Gasteiger partial charge in [0.25, 0.3) is 0 Å². The molecule has 6 nitrogen and oxygen atoms in total. The number of nitrogens with one attached hydrogen (secondary N) is 2. The second kappa shape index (κ2) is 6.71. The fraction of sp³-hybridized carbons (Fsp3) is 0.692. The van der Waals surface area contributed by atoms with Gasteiger partial charge in [0.2, 0.25) is 10.0 Å². The number of sulfonamides is 1. The molecule has 0 unspecified atom stereocenters. The van der Waals surface area contributed by atoms with Crippen molar-refractivity contribution in [1.82, 2.24) is 14.6 Å². The van der Waals surface area contributed by atoms with Crippen molar-refractivity contribution >= 4 is 10.0 Å². The summed E-state index contributed by atoms with van der Waals surface area (Å²) in [6.07, 6.45) is 4.01.